The summed E-state index contributed by atoms with van der Waals surface area (Å²) in [6, 6.07) is 8.10. The van der Waals surface area contributed by atoms with Gasteiger partial charge in [-0.2, -0.15) is 0 Å². The van der Waals surface area contributed by atoms with Crippen LogP contribution < -0.4 is 10.1 Å². The highest BCUT2D eigenvalue weighted by molar-refractivity contribution is 5.94. The molecule has 0 spiro atoms. The van der Waals surface area contributed by atoms with E-state index in [0.717, 1.165) is 41.1 Å². The molecule has 1 heterocycles. The number of hydrogen-bond donors (Lipinski definition) is 1. The minimum absolute atomic E-state index is 0.122. The van der Waals surface area contributed by atoms with Crippen LogP contribution in [0.5, 0.6) is 5.75 Å². The van der Waals surface area contributed by atoms with E-state index in [4.69, 9.17) is 9.26 Å². The SMILES string of the molecule is CCC(NC(=O)c1noc(C)c1COc1ccccc1C)C12CC3CC(CC(C3)C1)C2. The standard InChI is InChI=1S/C26H34N2O3/c1-4-23(26-12-18-9-19(13-26)11-20(10-18)14-26)27-25(29)24-21(17(3)31-28-24)15-30-22-8-6-5-7-16(22)2/h5-8,18-20,23H,4,9-15H2,1-3H3,(H,27,29). The predicted octanol–water partition coefficient (Wildman–Crippen LogP) is 5.60. The number of carbonyl (C=O) groups excluding carboxylic acids is 1. The summed E-state index contributed by atoms with van der Waals surface area (Å²) < 4.78 is 11.4. The Hall–Kier alpha value is -2.30. The van der Waals surface area contributed by atoms with Crippen LogP contribution in [0.3, 0.4) is 0 Å². The van der Waals surface area contributed by atoms with Gasteiger partial charge in [-0.3, -0.25) is 4.79 Å². The van der Waals surface area contributed by atoms with Gasteiger partial charge in [0.25, 0.3) is 5.91 Å². The smallest absolute Gasteiger partial charge is 0.274 e. The van der Waals surface area contributed by atoms with E-state index in [1.54, 1.807) is 0 Å². The summed E-state index contributed by atoms with van der Waals surface area (Å²) >= 11 is 0. The van der Waals surface area contributed by atoms with Crippen LogP contribution in [0.15, 0.2) is 28.8 Å². The second kappa shape index (κ2) is 7.99. The normalized spacial score (nSPS) is 29.7. The van der Waals surface area contributed by atoms with Crippen LogP contribution in [0.2, 0.25) is 0 Å². The van der Waals surface area contributed by atoms with Gasteiger partial charge in [0.05, 0.1) is 5.56 Å². The average Bonchev–Trinajstić information content (AvgIpc) is 3.10. The molecule has 1 aromatic heterocycles. The molecule has 2 aromatic rings. The molecule has 31 heavy (non-hydrogen) atoms. The molecule has 1 unspecified atom stereocenters. The Morgan fingerprint density at radius 3 is 2.42 bits per heavy atom. The summed E-state index contributed by atoms with van der Waals surface area (Å²) in [7, 11) is 0. The molecule has 0 aliphatic heterocycles. The van der Waals surface area contributed by atoms with Gasteiger partial charge in [0, 0.05) is 6.04 Å². The van der Waals surface area contributed by atoms with Crippen molar-refractivity contribution in [1.29, 1.82) is 0 Å². The van der Waals surface area contributed by atoms with Crippen LogP contribution in [0.1, 0.15) is 79.2 Å². The van der Waals surface area contributed by atoms with Crippen molar-refractivity contribution >= 4 is 5.91 Å². The van der Waals surface area contributed by atoms with Gasteiger partial charge in [0.1, 0.15) is 18.1 Å². The zero-order valence-corrected chi connectivity index (χ0v) is 18.9. The minimum atomic E-state index is -0.122. The van der Waals surface area contributed by atoms with Crippen LogP contribution in [-0.4, -0.2) is 17.1 Å². The first-order chi connectivity index (χ1) is 15.0. The minimum Gasteiger partial charge on any atom is -0.488 e. The summed E-state index contributed by atoms with van der Waals surface area (Å²) in [4.78, 5) is 13.3. The van der Waals surface area contributed by atoms with Gasteiger partial charge in [-0.15, -0.1) is 0 Å². The lowest BCUT2D eigenvalue weighted by Crippen LogP contribution is -2.56. The highest BCUT2D eigenvalue weighted by Crippen LogP contribution is 2.61. The van der Waals surface area contributed by atoms with E-state index in [1.807, 2.05) is 38.1 Å². The topological polar surface area (TPSA) is 64.4 Å². The summed E-state index contributed by atoms with van der Waals surface area (Å²) in [5.74, 6) is 3.93. The summed E-state index contributed by atoms with van der Waals surface area (Å²) in [6.45, 7) is 6.34. The first kappa shape index (κ1) is 20.6. The molecule has 4 fully saturated rings. The molecule has 0 radical (unpaired) electrons. The molecule has 166 valence electrons. The maximum absolute atomic E-state index is 13.3. The maximum atomic E-state index is 13.3. The fraction of sp³-hybridized carbons (Fsp3) is 0.615. The third kappa shape index (κ3) is 3.77. The molecule has 5 heteroatoms. The number of rotatable bonds is 7. The molecular weight excluding hydrogens is 388 g/mol. The van der Waals surface area contributed by atoms with Crippen LogP contribution in [-0.2, 0) is 6.61 Å². The van der Waals surface area contributed by atoms with Gasteiger partial charge in [-0.25, -0.2) is 0 Å². The molecule has 1 amide bonds. The second-order valence-electron chi connectivity index (χ2n) is 10.3. The van der Waals surface area contributed by atoms with E-state index < -0.39 is 0 Å². The third-order valence-corrected chi connectivity index (χ3v) is 8.20. The highest BCUT2D eigenvalue weighted by atomic mass is 16.5. The Kier molecular flexibility index (Phi) is 5.31. The van der Waals surface area contributed by atoms with Crippen molar-refractivity contribution in [3.05, 3.63) is 46.8 Å². The highest BCUT2D eigenvalue weighted by Gasteiger charge is 2.54. The van der Waals surface area contributed by atoms with Gasteiger partial charge >= 0.3 is 0 Å². The summed E-state index contributed by atoms with van der Waals surface area (Å²) in [6.07, 6.45) is 9.02. The first-order valence-electron chi connectivity index (χ1n) is 11.9. The number of nitrogens with zero attached hydrogens (tertiary/aromatic N) is 1. The Labute approximate surface area is 184 Å². The molecule has 4 saturated carbocycles. The monoisotopic (exact) mass is 422 g/mol. The van der Waals surface area contributed by atoms with Gasteiger partial charge < -0.3 is 14.6 Å². The van der Waals surface area contributed by atoms with Crippen molar-refractivity contribution in [3.63, 3.8) is 0 Å². The average molecular weight is 423 g/mol. The van der Waals surface area contributed by atoms with E-state index in [-0.39, 0.29) is 24.0 Å². The van der Waals surface area contributed by atoms with E-state index in [9.17, 15) is 4.79 Å². The van der Waals surface area contributed by atoms with Crippen LogP contribution in [0, 0.1) is 37.0 Å². The largest absolute Gasteiger partial charge is 0.488 e. The van der Waals surface area contributed by atoms with Crippen molar-refractivity contribution in [2.45, 2.75) is 78.4 Å². The van der Waals surface area contributed by atoms with Crippen molar-refractivity contribution in [2.24, 2.45) is 23.2 Å². The lowest BCUT2D eigenvalue weighted by molar-refractivity contribution is -0.0727. The van der Waals surface area contributed by atoms with Crippen molar-refractivity contribution in [2.75, 3.05) is 0 Å². The van der Waals surface area contributed by atoms with E-state index in [0.29, 0.717) is 11.5 Å². The maximum Gasteiger partial charge on any atom is 0.274 e. The lowest BCUT2D eigenvalue weighted by Gasteiger charge is -2.59. The number of ether oxygens (including phenoxy) is 1. The van der Waals surface area contributed by atoms with E-state index >= 15 is 0 Å². The molecule has 1 atom stereocenters. The molecular formula is C26H34N2O3. The fourth-order valence-corrected chi connectivity index (χ4v) is 7.13. The molecule has 5 nitrogen and oxygen atoms in total. The molecule has 4 aliphatic rings. The number of para-hydroxylation sites is 1. The number of aromatic nitrogens is 1. The third-order valence-electron chi connectivity index (χ3n) is 8.20. The van der Waals surface area contributed by atoms with Crippen molar-refractivity contribution in [3.8, 4) is 5.75 Å². The zero-order valence-electron chi connectivity index (χ0n) is 18.9. The molecule has 6 rings (SSSR count). The molecule has 4 bridgehead atoms. The van der Waals surface area contributed by atoms with Crippen molar-refractivity contribution in [1.82, 2.24) is 10.5 Å². The van der Waals surface area contributed by atoms with Crippen LogP contribution >= 0.6 is 0 Å². The van der Waals surface area contributed by atoms with Crippen LogP contribution in [0.4, 0.5) is 0 Å². The fourth-order valence-electron chi connectivity index (χ4n) is 7.13. The van der Waals surface area contributed by atoms with Gasteiger partial charge in [0.2, 0.25) is 0 Å². The molecule has 4 aliphatic carbocycles. The van der Waals surface area contributed by atoms with Crippen LogP contribution in [0.25, 0.3) is 0 Å². The van der Waals surface area contributed by atoms with Crippen molar-refractivity contribution < 1.29 is 14.1 Å². The quantitative estimate of drug-likeness (QED) is 0.631. The molecule has 0 saturated heterocycles. The van der Waals surface area contributed by atoms with Gasteiger partial charge in [0.15, 0.2) is 5.69 Å². The van der Waals surface area contributed by atoms with Gasteiger partial charge in [-0.05, 0) is 93.6 Å². The second-order valence-corrected chi connectivity index (χ2v) is 10.3. The Balaban J connectivity index is 1.32. The number of hydrogen-bond acceptors (Lipinski definition) is 4. The number of benzene rings is 1. The summed E-state index contributed by atoms with van der Waals surface area (Å²) in [5, 5.41) is 7.50. The number of amides is 1. The lowest BCUT2D eigenvalue weighted by atomic mass is 9.47. The molecule has 1 N–H and O–H groups in total. The van der Waals surface area contributed by atoms with E-state index in [1.165, 1.54) is 38.5 Å². The zero-order chi connectivity index (χ0) is 21.6. The van der Waals surface area contributed by atoms with Gasteiger partial charge in [-0.1, -0.05) is 30.3 Å². The van der Waals surface area contributed by atoms with E-state index in [2.05, 4.69) is 17.4 Å². The number of nitrogens with one attached hydrogen (secondary N) is 1. The Bertz CT molecular complexity index is 928. The Morgan fingerprint density at radius 1 is 1.16 bits per heavy atom. The molecule has 1 aromatic carbocycles. The Morgan fingerprint density at radius 2 is 1.81 bits per heavy atom. The number of carbonyl (C=O) groups is 1. The predicted molar refractivity (Wildman–Crippen MR) is 119 cm³/mol. The first-order valence-corrected chi connectivity index (χ1v) is 11.9. The number of aryl methyl sites for hydroxylation is 2. The summed E-state index contributed by atoms with van der Waals surface area (Å²) in [5.41, 5.74) is 2.45.